The Labute approximate surface area is 122 Å². The molecule has 0 atom stereocenters. The van der Waals surface area contributed by atoms with Crippen molar-refractivity contribution in [3.63, 3.8) is 0 Å². The maximum absolute atomic E-state index is 13.1. The van der Waals surface area contributed by atoms with Crippen LogP contribution in [-0.4, -0.2) is 4.98 Å². The van der Waals surface area contributed by atoms with Crippen LogP contribution in [-0.2, 0) is 0 Å². The minimum absolute atomic E-state index is 0.00360. The van der Waals surface area contributed by atoms with Crippen molar-refractivity contribution in [2.45, 2.75) is 0 Å². The van der Waals surface area contributed by atoms with Crippen LogP contribution in [0.4, 0.5) is 4.39 Å². The number of halogens is 4. The van der Waals surface area contributed by atoms with Crippen LogP contribution in [0, 0.1) is 5.82 Å². The third-order valence-electron chi connectivity index (χ3n) is 2.58. The number of hydrogen-bond acceptors (Lipinski definition) is 2. The van der Waals surface area contributed by atoms with Gasteiger partial charge in [0.15, 0.2) is 5.58 Å². The highest BCUT2D eigenvalue weighted by Gasteiger charge is 2.13. The zero-order chi connectivity index (χ0) is 13.6. The first-order valence-electron chi connectivity index (χ1n) is 5.25. The fraction of sp³-hybridized carbons (Fsp3) is 0. The van der Waals surface area contributed by atoms with Crippen molar-refractivity contribution in [1.29, 1.82) is 0 Å². The van der Waals surface area contributed by atoms with Crippen LogP contribution >= 0.6 is 34.8 Å². The highest BCUT2D eigenvalue weighted by molar-refractivity contribution is 6.38. The smallest absolute Gasteiger partial charge is 0.227 e. The van der Waals surface area contributed by atoms with Gasteiger partial charge in [0.05, 0.1) is 10.0 Å². The lowest BCUT2D eigenvalue weighted by Crippen LogP contribution is -1.80. The molecule has 96 valence electrons. The van der Waals surface area contributed by atoms with E-state index in [1.807, 2.05) is 0 Å². The van der Waals surface area contributed by atoms with Crippen LogP contribution in [0.5, 0.6) is 0 Å². The molecule has 0 saturated heterocycles. The summed E-state index contributed by atoms with van der Waals surface area (Å²) in [5.74, 6) is -0.191. The van der Waals surface area contributed by atoms with Crippen molar-refractivity contribution in [2.75, 3.05) is 0 Å². The average molecular weight is 317 g/mol. The maximum Gasteiger partial charge on any atom is 0.227 e. The van der Waals surface area contributed by atoms with Gasteiger partial charge in [0, 0.05) is 10.6 Å². The molecule has 0 fully saturated rings. The summed E-state index contributed by atoms with van der Waals surface area (Å²) in [5.41, 5.74) is 1.53. The van der Waals surface area contributed by atoms with Gasteiger partial charge in [-0.1, -0.05) is 34.8 Å². The van der Waals surface area contributed by atoms with Crippen molar-refractivity contribution in [1.82, 2.24) is 4.98 Å². The number of oxazole rings is 1. The molecule has 0 aliphatic rings. The molecular formula is C13H5Cl3FNO. The van der Waals surface area contributed by atoms with Gasteiger partial charge in [0.25, 0.3) is 0 Å². The molecule has 0 saturated carbocycles. The van der Waals surface area contributed by atoms with Gasteiger partial charge < -0.3 is 4.42 Å². The first-order valence-corrected chi connectivity index (χ1v) is 6.39. The van der Waals surface area contributed by atoms with Gasteiger partial charge in [-0.05, 0) is 30.3 Å². The van der Waals surface area contributed by atoms with Gasteiger partial charge in [-0.3, -0.25) is 0 Å². The van der Waals surface area contributed by atoms with Gasteiger partial charge in [0.2, 0.25) is 5.89 Å². The van der Waals surface area contributed by atoms with E-state index in [0.29, 0.717) is 32.6 Å². The lowest BCUT2D eigenvalue weighted by Gasteiger charge is -1.97. The number of aromatic nitrogens is 1. The van der Waals surface area contributed by atoms with E-state index in [1.54, 1.807) is 12.1 Å². The van der Waals surface area contributed by atoms with Crippen LogP contribution in [0.25, 0.3) is 22.6 Å². The SMILES string of the molecule is Fc1ccc(-c2nc3cc(Cl)cc(Cl)c3o2)cc1Cl. The fourth-order valence-corrected chi connectivity index (χ4v) is 2.41. The Hall–Kier alpha value is -1.29. The average Bonchev–Trinajstić information content (AvgIpc) is 2.76. The summed E-state index contributed by atoms with van der Waals surface area (Å²) in [4.78, 5) is 4.26. The molecule has 0 aliphatic heterocycles. The zero-order valence-corrected chi connectivity index (χ0v) is 11.5. The molecule has 0 radical (unpaired) electrons. The molecule has 0 unspecified atom stereocenters. The molecular weight excluding hydrogens is 312 g/mol. The second kappa shape index (κ2) is 4.67. The first kappa shape index (κ1) is 12.7. The molecule has 3 aromatic rings. The predicted molar refractivity (Wildman–Crippen MR) is 74.4 cm³/mol. The number of hydrogen-bond donors (Lipinski definition) is 0. The van der Waals surface area contributed by atoms with Crippen molar-refractivity contribution in [2.24, 2.45) is 0 Å². The molecule has 2 nitrogen and oxygen atoms in total. The van der Waals surface area contributed by atoms with E-state index in [4.69, 9.17) is 39.2 Å². The van der Waals surface area contributed by atoms with Gasteiger partial charge >= 0.3 is 0 Å². The number of nitrogens with zero attached hydrogens (tertiary/aromatic N) is 1. The van der Waals surface area contributed by atoms with Crippen molar-refractivity contribution in [3.05, 3.63) is 51.2 Å². The summed E-state index contributed by atoms with van der Waals surface area (Å²) in [7, 11) is 0. The molecule has 0 bridgehead atoms. The van der Waals surface area contributed by atoms with Crippen LogP contribution in [0.2, 0.25) is 15.1 Å². The van der Waals surface area contributed by atoms with Gasteiger partial charge in [0.1, 0.15) is 11.3 Å². The minimum atomic E-state index is -0.498. The van der Waals surface area contributed by atoms with Gasteiger partial charge in [-0.2, -0.15) is 0 Å². The highest BCUT2D eigenvalue weighted by atomic mass is 35.5. The van der Waals surface area contributed by atoms with Crippen LogP contribution in [0.15, 0.2) is 34.7 Å². The molecule has 1 heterocycles. The lowest BCUT2D eigenvalue weighted by molar-refractivity contribution is 0.616. The predicted octanol–water partition coefficient (Wildman–Crippen LogP) is 5.59. The van der Waals surface area contributed by atoms with E-state index in [9.17, 15) is 4.39 Å². The molecule has 0 N–H and O–H groups in total. The second-order valence-electron chi connectivity index (χ2n) is 3.88. The van der Waals surface area contributed by atoms with E-state index in [1.165, 1.54) is 18.2 Å². The van der Waals surface area contributed by atoms with Gasteiger partial charge in [-0.15, -0.1) is 0 Å². The molecule has 19 heavy (non-hydrogen) atoms. The quantitative estimate of drug-likeness (QED) is 0.584. The van der Waals surface area contributed by atoms with Crippen LogP contribution < -0.4 is 0 Å². The van der Waals surface area contributed by atoms with Crippen molar-refractivity contribution in [3.8, 4) is 11.5 Å². The molecule has 1 aromatic heterocycles. The number of fused-ring (bicyclic) bond motifs is 1. The summed E-state index contributed by atoms with van der Waals surface area (Å²) in [5, 5.41) is 0.841. The zero-order valence-electron chi connectivity index (χ0n) is 9.25. The Bertz CT molecular complexity index is 785. The summed E-state index contributed by atoms with van der Waals surface area (Å²) >= 11 is 17.6. The Kier molecular flexibility index (Phi) is 3.13. The largest absolute Gasteiger partial charge is 0.435 e. The molecule has 0 amide bonds. The van der Waals surface area contributed by atoms with Crippen molar-refractivity contribution >= 4 is 45.9 Å². The summed E-state index contributed by atoms with van der Waals surface area (Å²) < 4.78 is 18.7. The van der Waals surface area contributed by atoms with E-state index >= 15 is 0 Å². The summed E-state index contributed by atoms with van der Waals surface area (Å²) in [6.45, 7) is 0. The van der Waals surface area contributed by atoms with E-state index in [-0.39, 0.29) is 5.02 Å². The van der Waals surface area contributed by atoms with Crippen molar-refractivity contribution < 1.29 is 8.81 Å². The topological polar surface area (TPSA) is 26.0 Å². The third-order valence-corrected chi connectivity index (χ3v) is 3.36. The molecule has 0 spiro atoms. The minimum Gasteiger partial charge on any atom is -0.435 e. The van der Waals surface area contributed by atoms with Gasteiger partial charge in [-0.25, -0.2) is 9.37 Å². The Morgan fingerprint density at radius 3 is 2.53 bits per heavy atom. The molecule has 6 heteroatoms. The lowest BCUT2D eigenvalue weighted by atomic mass is 10.2. The maximum atomic E-state index is 13.1. The fourth-order valence-electron chi connectivity index (χ4n) is 1.71. The van der Waals surface area contributed by atoms with Crippen LogP contribution in [0.3, 0.4) is 0 Å². The Balaban J connectivity index is 2.20. The standard InChI is InChI=1S/C13H5Cl3FNO/c14-7-4-9(16)12-11(5-7)18-13(19-12)6-1-2-10(17)8(15)3-6/h1-5H. The van der Waals surface area contributed by atoms with E-state index in [0.717, 1.165) is 0 Å². The summed E-state index contributed by atoms with van der Waals surface area (Å²) in [6.07, 6.45) is 0. The number of benzene rings is 2. The molecule has 3 rings (SSSR count). The molecule has 2 aromatic carbocycles. The molecule has 0 aliphatic carbocycles. The highest BCUT2D eigenvalue weighted by Crippen LogP contribution is 2.32. The van der Waals surface area contributed by atoms with Crippen LogP contribution in [0.1, 0.15) is 0 Å². The number of rotatable bonds is 1. The second-order valence-corrected chi connectivity index (χ2v) is 5.13. The Morgan fingerprint density at radius 1 is 1.00 bits per heavy atom. The normalized spacial score (nSPS) is 11.2. The Morgan fingerprint density at radius 2 is 1.79 bits per heavy atom. The monoisotopic (exact) mass is 315 g/mol. The first-order chi connectivity index (χ1) is 9.04. The summed E-state index contributed by atoms with van der Waals surface area (Å²) in [6, 6.07) is 7.43. The van der Waals surface area contributed by atoms with E-state index in [2.05, 4.69) is 4.98 Å². The third kappa shape index (κ3) is 2.29. The van der Waals surface area contributed by atoms with E-state index < -0.39 is 5.82 Å².